The largest absolute Gasteiger partial charge is 0.392 e. The fourth-order valence-corrected chi connectivity index (χ4v) is 3.69. The lowest BCUT2D eigenvalue weighted by Crippen LogP contribution is -2.41. The van der Waals surface area contributed by atoms with Crippen LogP contribution in [-0.2, 0) is 6.42 Å². The predicted octanol–water partition coefficient (Wildman–Crippen LogP) is 3.74. The number of likely N-dealkylation sites (tertiary alicyclic amines) is 1. The van der Waals surface area contributed by atoms with Crippen LogP contribution < -0.4 is 5.32 Å². The van der Waals surface area contributed by atoms with Crippen LogP contribution in [0.1, 0.15) is 28.8 Å². The second kappa shape index (κ2) is 9.38. The Morgan fingerprint density at radius 2 is 1.81 bits per heavy atom. The minimum Gasteiger partial charge on any atom is -0.392 e. The zero-order valence-corrected chi connectivity index (χ0v) is 15.7. The zero-order chi connectivity index (χ0) is 19.1. The maximum Gasteiger partial charge on any atom is 0.255 e. The number of nitrogens with one attached hydrogen (secondary N) is 1. The van der Waals surface area contributed by atoms with Gasteiger partial charge in [-0.05, 0) is 42.9 Å². The first-order valence-electron chi connectivity index (χ1n) is 9.64. The summed E-state index contributed by atoms with van der Waals surface area (Å²) < 4.78 is 0. The van der Waals surface area contributed by atoms with Gasteiger partial charge in [-0.15, -0.1) is 6.58 Å². The standard InChI is InChI=1S/C23H28N2O2/c1-2-14-24-21-11-7-6-10-20(21)23(27)25-15-12-19(13-16-25)22(26)17-18-8-4-3-5-9-18/h2-11,19,22,24,26H,1,12-17H2/t22-/m1/s1. The molecule has 1 aliphatic heterocycles. The number of amides is 1. The van der Waals surface area contributed by atoms with Crippen molar-refractivity contribution in [2.75, 3.05) is 25.0 Å². The number of hydrogen-bond donors (Lipinski definition) is 2. The van der Waals surface area contributed by atoms with E-state index in [1.54, 1.807) is 6.08 Å². The molecule has 0 unspecified atom stereocenters. The van der Waals surface area contributed by atoms with Crippen molar-refractivity contribution >= 4 is 11.6 Å². The molecule has 27 heavy (non-hydrogen) atoms. The van der Waals surface area contributed by atoms with E-state index in [0.717, 1.165) is 24.1 Å². The van der Waals surface area contributed by atoms with Gasteiger partial charge in [0.05, 0.1) is 11.7 Å². The van der Waals surface area contributed by atoms with E-state index < -0.39 is 0 Å². The summed E-state index contributed by atoms with van der Waals surface area (Å²) in [7, 11) is 0. The summed E-state index contributed by atoms with van der Waals surface area (Å²) in [6, 6.07) is 17.7. The molecule has 2 aromatic rings. The first kappa shape index (κ1) is 19.2. The number of hydrogen-bond acceptors (Lipinski definition) is 3. The average molecular weight is 364 g/mol. The Kier molecular flexibility index (Phi) is 6.66. The van der Waals surface area contributed by atoms with E-state index in [4.69, 9.17) is 0 Å². The molecule has 3 rings (SSSR count). The van der Waals surface area contributed by atoms with E-state index in [2.05, 4.69) is 24.0 Å². The Balaban J connectivity index is 1.57. The summed E-state index contributed by atoms with van der Waals surface area (Å²) in [5, 5.41) is 13.8. The number of benzene rings is 2. The number of para-hydroxylation sites is 1. The molecule has 1 heterocycles. The van der Waals surface area contributed by atoms with Crippen LogP contribution in [0.3, 0.4) is 0 Å². The summed E-state index contributed by atoms with van der Waals surface area (Å²) in [6.07, 6.45) is 3.77. The maximum atomic E-state index is 12.9. The molecule has 1 amide bonds. The normalized spacial score (nSPS) is 16.0. The smallest absolute Gasteiger partial charge is 0.255 e. The van der Waals surface area contributed by atoms with Gasteiger partial charge < -0.3 is 15.3 Å². The van der Waals surface area contributed by atoms with Gasteiger partial charge in [0, 0.05) is 25.3 Å². The number of carbonyl (C=O) groups excluding carboxylic acids is 1. The second-order valence-electron chi connectivity index (χ2n) is 7.10. The average Bonchev–Trinajstić information content (AvgIpc) is 2.73. The Morgan fingerprint density at radius 1 is 1.15 bits per heavy atom. The molecule has 0 spiro atoms. The number of rotatable bonds is 7. The first-order valence-corrected chi connectivity index (χ1v) is 9.64. The highest BCUT2D eigenvalue weighted by molar-refractivity contribution is 5.99. The highest BCUT2D eigenvalue weighted by Gasteiger charge is 2.28. The monoisotopic (exact) mass is 364 g/mol. The van der Waals surface area contributed by atoms with Crippen LogP contribution in [0.15, 0.2) is 67.3 Å². The lowest BCUT2D eigenvalue weighted by atomic mass is 9.87. The molecular formula is C23H28N2O2. The van der Waals surface area contributed by atoms with Gasteiger partial charge in [0.15, 0.2) is 0 Å². The molecule has 4 nitrogen and oxygen atoms in total. The van der Waals surface area contributed by atoms with Crippen molar-refractivity contribution in [1.82, 2.24) is 4.90 Å². The van der Waals surface area contributed by atoms with Crippen LogP contribution in [0.4, 0.5) is 5.69 Å². The third kappa shape index (κ3) is 4.98. The fraction of sp³-hybridized carbons (Fsp3) is 0.348. The third-order valence-corrected chi connectivity index (χ3v) is 5.25. The quantitative estimate of drug-likeness (QED) is 0.736. The van der Waals surface area contributed by atoms with E-state index in [1.807, 2.05) is 47.4 Å². The predicted molar refractivity (Wildman–Crippen MR) is 110 cm³/mol. The van der Waals surface area contributed by atoms with Crippen molar-refractivity contribution in [3.8, 4) is 0 Å². The van der Waals surface area contributed by atoms with E-state index in [1.165, 1.54) is 0 Å². The Morgan fingerprint density at radius 3 is 2.52 bits per heavy atom. The molecule has 1 atom stereocenters. The minimum atomic E-state index is -0.355. The Hall–Kier alpha value is -2.59. The van der Waals surface area contributed by atoms with Gasteiger partial charge in [0.25, 0.3) is 5.91 Å². The van der Waals surface area contributed by atoms with E-state index >= 15 is 0 Å². The van der Waals surface area contributed by atoms with Gasteiger partial charge >= 0.3 is 0 Å². The van der Waals surface area contributed by atoms with Crippen molar-refractivity contribution in [3.05, 3.63) is 78.4 Å². The van der Waals surface area contributed by atoms with Crippen molar-refractivity contribution in [3.63, 3.8) is 0 Å². The van der Waals surface area contributed by atoms with Crippen LogP contribution in [0, 0.1) is 5.92 Å². The summed E-state index contributed by atoms with van der Waals surface area (Å²) >= 11 is 0. The number of aliphatic hydroxyl groups excluding tert-OH is 1. The van der Waals surface area contributed by atoms with Gasteiger partial charge in [0.1, 0.15) is 0 Å². The molecule has 1 aliphatic rings. The number of anilines is 1. The molecule has 2 N–H and O–H groups in total. The molecular weight excluding hydrogens is 336 g/mol. The Bertz CT molecular complexity index is 752. The van der Waals surface area contributed by atoms with Crippen molar-refractivity contribution in [2.45, 2.75) is 25.4 Å². The number of aliphatic hydroxyl groups is 1. The summed E-state index contributed by atoms with van der Waals surface area (Å²) in [5.74, 6) is 0.293. The lowest BCUT2D eigenvalue weighted by molar-refractivity contribution is 0.0468. The van der Waals surface area contributed by atoms with Gasteiger partial charge in [-0.3, -0.25) is 4.79 Å². The van der Waals surface area contributed by atoms with E-state index in [-0.39, 0.29) is 17.9 Å². The lowest BCUT2D eigenvalue weighted by Gasteiger charge is -2.34. The van der Waals surface area contributed by atoms with Gasteiger partial charge in [0.2, 0.25) is 0 Å². The maximum absolute atomic E-state index is 12.9. The molecule has 0 radical (unpaired) electrons. The molecule has 2 aromatic carbocycles. The zero-order valence-electron chi connectivity index (χ0n) is 15.7. The molecule has 1 fully saturated rings. The Labute approximate surface area is 161 Å². The van der Waals surface area contributed by atoms with Gasteiger partial charge in [-0.2, -0.15) is 0 Å². The van der Waals surface area contributed by atoms with E-state index in [0.29, 0.717) is 31.6 Å². The highest BCUT2D eigenvalue weighted by Crippen LogP contribution is 2.25. The van der Waals surface area contributed by atoms with Crippen LogP contribution in [0.25, 0.3) is 0 Å². The summed E-state index contributed by atoms with van der Waals surface area (Å²) in [6.45, 7) is 5.71. The molecule has 142 valence electrons. The van der Waals surface area contributed by atoms with Crippen LogP contribution in [0.2, 0.25) is 0 Å². The minimum absolute atomic E-state index is 0.0539. The first-order chi connectivity index (χ1) is 13.2. The number of carbonyl (C=O) groups is 1. The molecule has 0 saturated carbocycles. The van der Waals surface area contributed by atoms with E-state index in [9.17, 15) is 9.90 Å². The number of nitrogens with zero attached hydrogens (tertiary/aromatic N) is 1. The fourth-order valence-electron chi connectivity index (χ4n) is 3.69. The molecule has 4 heteroatoms. The van der Waals surface area contributed by atoms with Crippen LogP contribution in [0.5, 0.6) is 0 Å². The molecule has 0 aliphatic carbocycles. The highest BCUT2D eigenvalue weighted by atomic mass is 16.3. The molecule has 1 saturated heterocycles. The van der Waals surface area contributed by atoms with Crippen molar-refractivity contribution in [1.29, 1.82) is 0 Å². The van der Waals surface area contributed by atoms with Crippen molar-refractivity contribution < 1.29 is 9.90 Å². The van der Waals surface area contributed by atoms with Crippen LogP contribution in [-0.4, -0.2) is 41.7 Å². The SMILES string of the molecule is C=CCNc1ccccc1C(=O)N1CCC([C@H](O)Cc2ccccc2)CC1. The third-order valence-electron chi connectivity index (χ3n) is 5.25. The van der Waals surface area contributed by atoms with Gasteiger partial charge in [-0.1, -0.05) is 48.5 Å². The topological polar surface area (TPSA) is 52.6 Å². The summed E-state index contributed by atoms with van der Waals surface area (Å²) in [5.41, 5.74) is 2.70. The molecule has 0 aromatic heterocycles. The molecule has 0 bridgehead atoms. The van der Waals surface area contributed by atoms with Gasteiger partial charge in [-0.25, -0.2) is 0 Å². The second-order valence-corrected chi connectivity index (χ2v) is 7.10. The number of piperidine rings is 1. The summed E-state index contributed by atoms with van der Waals surface area (Å²) in [4.78, 5) is 14.9. The van der Waals surface area contributed by atoms with Crippen molar-refractivity contribution in [2.24, 2.45) is 5.92 Å². The van der Waals surface area contributed by atoms with Crippen LogP contribution >= 0.6 is 0 Å².